The van der Waals surface area contributed by atoms with Gasteiger partial charge in [-0.1, -0.05) is 0 Å². The number of aliphatic carboxylic acids is 1. The molecule has 0 aliphatic heterocycles. The molecule has 58 valence electrons. The lowest BCUT2D eigenvalue weighted by Crippen LogP contribution is -3.00. The lowest BCUT2D eigenvalue weighted by Gasteiger charge is -2.03. The van der Waals surface area contributed by atoms with E-state index in [1.165, 1.54) is 0 Å². The summed E-state index contributed by atoms with van der Waals surface area (Å²) in [6, 6.07) is 0. The maximum absolute atomic E-state index is 10.5. The Labute approximate surface area is 46.0 Å². The largest absolute Gasteiger partial charge is 1.00 e. The summed E-state index contributed by atoms with van der Waals surface area (Å²) < 4.78 is 31.5. The van der Waals surface area contributed by atoms with Crippen molar-refractivity contribution in [3.8, 4) is 0 Å². The molecule has 0 aromatic heterocycles. The van der Waals surface area contributed by atoms with Crippen molar-refractivity contribution in [2.45, 2.75) is 6.18 Å². The van der Waals surface area contributed by atoms with E-state index in [1.54, 1.807) is 0 Å². The Kier molecular flexibility index (Phi) is 7.06. The summed E-state index contributed by atoms with van der Waals surface area (Å²) in [5, 5.41) is 8.78. The lowest BCUT2D eigenvalue weighted by atomic mass is 10.7. The summed E-state index contributed by atoms with van der Waals surface area (Å²) >= 11 is 0. The number of hydrogen-bond donors (Lipinski definition) is 0. The number of alkyl halides is 3. The van der Waals surface area contributed by atoms with Crippen LogP contribution in [-0.4, -0.2) is 12.1 Å². The highest BCUT2D eigenvalue weighted by molar-refractivity contribution is 5.70. The summed E-state index contributed by atoms with van der Waals surface area (Å²) in [7, 11) is 0. The first kappa shape index (κ1) is 15.7. The van der Waals surface area contributed by atoms with Gasteiger partial charge < -0.3 is 19.3 Å². The van der Waals surface area contributed by atoms with Crippen LogP contribution in [0.4, 0.5) is 13.2 Å². The highest BCUT2D eigenvalue weighted by atomic mass is 19.4. The quantitative estimate of drug-likeness (QED) is 0.323. The van der Waals surface area contributed by atoms with E-state index < -0.39 is 12.1 Å². The van der Waals surface area contributed by atoms with Crippen LogP contribution in [0.15, 0.2) is 0 Å². The minimum absolute atomic E-state index is 0. The summed E-state index contributed by atoms with van der Waals surface area (Å²) in [4.78, 5) is 8.78. The molecule has 2 nitrogen and oxygen atoms in total. The predicted molar refractivity (Wildman–Crippen MR) is 11.1 cm³/mol. The Morgan fingerprint density at radius 3 is 1.33 bits per heavy atom. The monoisotopic (exact) mass is 151 g/mol. The molecule has 0 radical (unpaired) electrons. The maximum Gasteiger partial charge on any atom is 0.430 e. The van der Waals surface area contributed by atoms with E-state index in [0.29, 0.717) is 0 Å². The Bertz CT molecular complexity index is 85.4. The van der Waals surface area contributed by atoms with Gasteiger partial charge in [0.15, 0.2) is 0 Å². The van der Waals surface area contributed by atoms with Gasteiger partial charge in [0.25, 0.3) is 0 Å². The summed E-state index contributed by atoms with van der Waals surface area (Å²) in [5.74, 6) is -3.01. The Morgan fingerprint density at radius 2 is 1.33 bits per heavy atom. The second kappa shape index (κ2) is 4.04. The van der Waals surface area contributed by atoms with Gasteiger partial charge in [-0.2, -0.15) is 13.2 Å². The van der Waals surface area contributed by atoms with Crippen molar-refractivity contribution in [1.29, 1.82) is 0 Å². The van der Waals surface area contributed by atoms with Crippen LogP contribution in [0, 0.1) is 0 Å². The molecule has 0 aliphatic rings. The van der Waals surface area contributed by atoms with Crippen molar-refractivity contribution in [2.75, 3.05) is 0 Å². The van der Waals surface area contributed by atoms with E-state index in [2.05, 4.69) is 0 Å². The van der Waals surface area contributed by atoms with Crippen LogP contribution in [0.2, 0.25) is 0 Å². The maximum atomic E-state index is 10.5. The minimum Gasteiger partial charge on any atom is -1.00 e. The molecule has 0 saturated heterocycles. The SMILES string of the molecule is O=C([O-])C(F)(F)F.[F-].[F-]. The van der Waals surface area contributed by atoms with E-state index in [9.17, 15) is 13.2 Å². The van der Waals surface area contributed by atoms with E-state index in [1.807, 2.05) is 0 Å². The molecule has 0 atom stereocenters. The zero-order valence-corrected chi connectivity index (χ0v) is 3.71. The third-order valence-corrected chi connectivity index (χ3v) is 0.231. The topological polar surface area (TPSA) is 40.1 Å². The Hall–Kier alpha value is -0.880. The van der Waals surface area contributed by atoms with E-state index in [4.69, 9.17) is 9.90 Å². The second-order valence-electron chi connectivity index (χ2n) is 0.785. The van der Waals surface area contributed by atoms with Crippen molar-refractivity contribution in [3.05, 3.63) is 0 Å². The normalized spacial score (nSPS) is 8.78. The average Bonchev–Trinajstić information content (AvgIpc) is 1.31. The number of carbonyl (C=O) groups is 1. The van der Waals surface area contributed by atoms with E-state index >= 15 is 0 Å². The van der Waals surface area contributed by atoms with Gasteiger partial charge in [0, 0.05) is 0 Å². The molecular weight excluding hydrogens is 151 g/mol. The minimum atomic E-state index is -5.19. The fourth-order valence-corrected chi connectivity index (χ4v) is 0. The van der Waals surface area contributed by atoms with Gasteiger partial charge in [-0.25, -0.2) is 0 Å². The van der Waals surface area contributed by atoms with Gasteiger partial charge in [-0.3, -0.25) is 0 Å². The number of carboxylic acids is 1. The zero-order chi connectivity index (χ0) is 6.08. The number of halogens is 5. The average molecular weight is 151 g/mol. The van der Waals surface area contributed by atoms with Crippen LogP contribution in [-0.2, 0) is 4.79 Å². The molecule has 0 N–H and O–H groups in total. The molecule has 0 heterocycles. The fourth-order valence-electron chi connectivity index (χ4n) is 0. The third-order valence-electron chi connectivity index (χ3n) is 0.231. The van der Waals surface area contributed by atoms with E-state index in [0.717, 1.165) is 0 Å². The molecule has 0 fully saturated rings. The lowest BCUT2D eigenvalue weighted by molar-refractivity contribution is -0.344. The molecule has 0 bridgehead atoms. The van der Waals surface area contributed by atoms with Crippen LogP contribution in [0.25, 0.3) is 0 Å². The van der Waals surface area contributed by atoms with Crippen LogP contribution in [0.1, 0.15) is 0 Å². The number of rotatable bonds is 0. The number of carbonyl (C=O) groups excluding carboxylic acids is 1. The highest BCUT2D eigenvalue weighted by Gasteiger charge is 2.28. The molecule has 0 aromatic rings. The summed E-state index contributed by atoms with van der Waals surface area (Å²) in [6.45, 7) is 0. The van der Waals surface area contributed by atoms with Gasteiger partial charge in [0.05, 0.1) is 0 Å². The first-order valence-corrected chi connectivity index (χ1v) is 1.23. The second-order valence-corrected chi connectivity index (χ2v) is 0.785. The van der Waals surface area contributed by atoms with Gasteiger partial charge in [-0.05, 0) is 0 Å². The Morgan fingerprint density at radius 1 is 1.22 bits per heavy atom. The van der Waals surface area contributed by atoms with Crippen LogP contribution in [0.3, 0.4) is 0 Å². The first-order chi connectivity index (χ1) is 2.94. The number of hydrogen-bond acceptors (Lipinski definition) is 2. The molecule has 0 amide bonds. The van der Waals surface area contributed by atoms with Gasteiger partial charge in [-0.15, -0.1) is 0 Å². The number of carboxylic acid groups (broad SMARTS) is 1. The molecule has 0 saturated carbocycles. The molecular formula is C2F5O2-3. The standard InChI is InChI=1S/C2HF3O2.2FH/c3-2(4,5)1(6)7;;/h(H,6,7);2*1H/p-3. The zero-order valence-electron chi connectivity index (χ0n) is 3.71. The smallest absolute Gasteiger partial charge is 0.430 e. The molecule has 0 aromatic carbocycles. The molecule has 0 aliphatic carbocycles. The predicted octanol–water partition coefficient (Wildman–Crippen LogP) is -6.69. The van der Waals surface area contributed by atoms with Crippen molar-refractivity contribution < 1.29 is 32.5 Å². The van der Waals surface area contributed by atoms with Gasteiger partial charge >= 0.3 is 6.18 Å². The van der Waals surface area contributed by atoms with Crippen LogP contribution in [0.5, 0.6) is 0 Å². The molecule has 0 unspecified atom stereocenters. The van der Waals surface area contributed by atoms with Gasteiger partial charge in [0.2, 0.25) is 0 Å². The van der Waals surface area contributed by atoms with Crippen LogP contribution < -0.4 is 14.5 Å². The third kappa shape index (κ3) is 7.12. The molecule has 7 heteroatoms. The van der Waals surface area contributed by atoms with Gasteiger partial charge in [0.1, 0.15) is 5.97 Å². The highest BCUT2D eigenvalue weighted by Crippen LogP contribution is 2.11. The van der Waals surface area contributed by atoms with Crippen LogP contribution >= 0.6 is 0 Å². The molecule has 0 spiro atoms. The Balaban J connectivity index is -0.000000180. The first-order valence-electron chi connectivity index (χ1n) is 1.23. The summed E-state index contributed by atoms with van der Waals surface area (Å²) in [5.41, 5.74) is 0. The van der Waals surface area contributed by atoms with Crippen molar-refractivity contribution >= 4 is 5.97 Å². The fraction of sp³-hybridized carbons (Fsp3) is 0.500. The van der Waals surface area contributed by atoms with E-state index in [-0.39, 0.29) is 9.41 Å². The molecule has 0 rings (SSSR count). The molecule has 9 heavy (non-hydrogen) atoms. The van der Waals surface area contributed by atoms with Crippen molar-refractivity contribution in [2.24, 2.45) is 0 Å². The van der Waals surface area contributed by atoms with Crippen molar-refractivity contribution in [3.63, 3.8) is 0 Å². The van der Waals surface area contributed by atoms with Crippen molar-refractivity contribution in [1.82, 2.24) is 0 Å². The summed E-state index contributed by atoms with van der Waals surface area (Å²) in [6.07, 6.45) is -5.19.